The molecule has 0 aliphatic heterocycles. The van der Waals surface area contributed by atoms with E-state index in [0.717, 1.165) is 0 Å². The lowest BCUT2D eigenvalue weighted by Crippen LogP contribution is -2.60. The Morgan fingerprint density at radius 2 is 1.18 bits per heavy atom. The predicted octanol–water partition coefficient (Wildman–Crippen LogP) is -1.40. The van der Waals surface area contributed by atoms with Crippen LogP contribution in [0.1, 0.15) is 24.5 Å². The number of hydrogen-bond acceptors (Lipinski definition) is 9. The van der Waals surface area contributed by atoms with Crippen LogP contribution in [0.5, 0.6) is 11.5 Å². The number of rotatable bonds is 14. The molecular weight excluding hydrogens is 528 g/mol. The Bertz CT molecular complexity index is 1200. The van der Waals surface area contributed by atoms with Crippen LogP contribution in [0, 0.1) is 0 Å². The molecule has 216 valence electrons. The molecule has 0 bridgehead atoms. The summed E-state index contributed by atoms with van der Waals surface area (Å²) in [6.07, 6.45) is -2.53. The van der Waals surface area contributed by atoms with Gasteiger partial charge in [-0.25, -0.2) is 4.79 Å². The van der Waals surface area contributed by atoms with Crippen LogP contribution in [-0.4, -0.2) is 85.5 Å². The molecule has 0 fully saturated rings. The molecule has 0 radical (unpaired) electrons. The summed E-state index contributed by atoms with van der Waals surface area (Å²) in [4.78, 5) is 61.3. The minimum Gasteiger partial charge on any atom is -0.508 e. The Hall–Kier alpha value is -4.69. The predicted molar refractivity (Wildman–Crippen MR) is 139 cm³/mol. The number of carboxylic acid groups (broad SMARTS) is 2. The van der Waals surface area contributed by atoms with E-state index in [1.807, 2.05) is 0 Å². The van der Waals surface area contributed by atoms with Gasteiger partial charge in [0, 0.05) is 12.8 Å². The van der Waals surface area contributed by atoms with E-state index in [1.54, 1.807) is 0 Å². The number of phenolic OH excluding ortho intramolecular Hbond substituents is 2. The summed E-state index contributed by atoms with van der Waals surface area (Å²) < 4.78 is 0. The Balaban J connectivity index is 2.21. The Morgan fingerprint density at radius 1 is 0.725 bits per heavy atom. The van der Waals surface area contributed by atoms with Crippen molar-refractivity contribution < 1.29 is 49.5 Å². The van der Waals surface area contributed by atoms with E-state index in [9.17, 15) is 44.4 Å². The van der Waals surface area contributed by atoms with Crippen molar-refractivity contribution in [2.75, 3.05) is 0 Å². The fourth-order valence-electron chi connectivity index (χ4n) is 3.62. The zero-order chi connectivity index (χ0) is 30.0. The first kappa shape index (κ1) is 31.5. The summed E-state index contributed by atoms with van der Waals surface area (Å²) in [5.74, 6) is -5.74. The van der Waals surface area contributed by atoms with Gasteiger partial charge in [0.15, 0.2) is 0 Å². The number of carbonyl (C=O) groups excluding carboxylic acids is 3. The highest BCUT2D eigenvalue weighted by Gasteiger charge is 2.33. The molecule has 2 aromatic carbocycles. The number of aliphatic carboxylic acids is 2. The van der Waals surface area contributed by atoms with Crippen molar-refractivity contribution in [2.45, 2.75) is 56.5 Å². The van der Waals surface area contributed by atoms with Gasteiger partial charge in [-0.2, -0.15) is 0 Å². The third-order valence-corrected chi connectivity index (χ3v) is 5.79. The van der Waals surface area contributed by atoms with Crippen molar-refractivity contribution in [1.82, 2.24) is 16.0 Å². The highest BCUT2D eigenvalue weighted by Crippen LogP contribution is 2.13. The Morgan fingerprint density at radius 3 is 1.60 bits per heavy atom. The summed E-state index contributed by atoms with van der Waals surface area (Å²) in [6, 6.07) is 5.30. The molecule has 0 aliphatic carbocycles. The van der Waals surface area contributed by atoms with E-state index in [4.69, 9.17) is 10.8 Å². The summed E-state index contributed by atoms with van der Waals surface area (Å²) in [7, 11) is 0. The van der Waals surface area contributed by atoms with Crippen molar-refractivity contribution >= 4 is 29.7 Å². The van der Waals surface area contributed by atoms with Crippen LogP contribution >= 0.6 is 0 Å². The number of phenols is 2. The second-order valence-corrected chi connectivity index (χ2v) is 9.13. The molecule has 0 saturated heterocycles. The number of carbonyl (C=O) groups is 5. The van der Waals surface area contributed by atoms with Gasteiger partial charge in [-0.15, -0.1) is 0 Å². The van der Waals surface area contributed by atoms with E-state index in [1.165, 1.54) is 55.5 Å². The topological polar surface area (TPSA) is 249 Å². The zero-order valence-electron chi connectivity index (χ0n) is 21.5. The number of nitrogens with one attached hydrogen (secondary N) is 3. The summed E-state index contributed by atoms with van der Waals surface area (Å²) >= 11 is 0. The van der Waals surface area contributed by atoms with Gasteiger partial charge < -0.3 is 47.2 Å². The first-order valence-electron chi connectivity index (χ1n) is 12.1. The van der Waals surface area contributed by atoms with Gasteiger partial charge >= 0.3 is 11.9 Å². The molecule has 0 saturated carbocycles. The summed E-state index contributed by atoms with van der Waals surface area (Å²) in [5, 5.41) is 54.5. The fraction of sp³-hybridized carbons (Fsp3) is 0.346. The van der Waals surface area contributed by atoms with Gasteiger partial charge in [0.2, 0.25) is 17.7 Å². The lowest BCUT2D eigenvalue weighted by atomic mass is 10.0. The second kappa shape index (κ2) is 14.5. The molecule has 5 unspecified atom stereocenters. The molecule has 0 aliphatic rings. The molecule has 5 atom stereocenters. The molecule has 10 N–H and O–H groups in total. The molecule has 40 heavy (non-hydrogen) atoms. The van der Waals surface area contributed by atoms with E-state index >= 15 is 0 Å². The number of hydrogen-bond donors (Lipinski definition) is 9. The molecule has 2 rings (SSSR count). The summed E-state index contributed by atoms with van der Waals surface area (Å²) in [6.45, 7) is 1.19. The van der Waals surface area contributed by atoms with Crippen LogP contribution in [0.2, 0.25) is 0 Å². The van der Waals surface area contributed by atoms with Gasteiger partial charge in [-0.05, 0) is 42.3 Å². The van der Waals surface area contributed by atoms with Crippen LogP contribution in [0.3, 0.4) is 0 Å². The van der Waals surface area contributed by atoms with Gasteiger partial charge in [-0.1, -0.05) is 24.3 Å². The fourth-order valence-corrected chi connectivity index (χ4v) is 3.62. The average Bonchev–Trinajstić information content (AvgIpc) is 2.87. The normalized spacial score (nSPS) is 14.6. The van der Waals surface area contributed by atoms with E-state index < -0.39 is 66.4 Å². The summed E-state index contributed by atoms with van der Waals surface area (Å²) in [5.41, 5.74) is 6.56. The quantitative estimate of drug-likeness (QED) is 0.130. The van der Waals surface area contributed by atoms with Crippen LogP contribution in [0.4, 0.5) is 0 Å². The molecule has 3 amide bonds. The van der Waals surface area contributed by atoms with Gasteiger partial charge in [0.1, 0.15) is 29.6 Å². The number of aliphatic hydroxyl groups is 1. The molecule has 14 nitrogen and oxygen atoms in total. The maximum Gasteiger partial charge on any atom is 0.326 e. The van der Waals surface area contributed by atoms with Crippen molar-refractivity contribution in [1.29, 1.82) is 0 Å². The van der Waals surface area contributed by atoms with Gasteiger partial charge in [-0.3, -0.25) is 19.2 Å². The average molecular weight is 561 g/mol. The molecule has 0 heterocycles. The highest BCUT2D eigenvalue weighted by molar-refractivity contribution is 5.95. The van der Waals surface area contributed by atoms with Crippen molar-refractivity contribution in [3.05, 3.63) is 59.7 Å². The number of nitrogens with two attached hydrogens (primary N) is 1. The molecule has 2 aromatic rings. The van der Waals surface area contributed by atoms with E-state index in [2.05, 4.69) is 16.0 Å². The standard InChI is InChI=1S/C26H32N4O10/c1-13(31)22(25(38)29-20(26(39)40)11-15-4-8-17(33)9-5-15)30-24(37)19(10-14-2-6-16(32)7-3-14)28-23(36)18(27)12-21(34)35/h2-9,13,18-20,22,31-33H,10-12,27H2,1H3,(H,28,36)(H,29,38)(H,30,37)(H,34,35)(H,39,40). The van der Waals surface area contributed by atoms with Crippen molar-refractivity contribution in [2.24, 2.45) is 5.73 Å². The van der Waals surface area contributed by atoms with Crippen LogP contribution < -0.4 is 21.7 Å². The Kier molecular flexibility index (Phi) is 11.4. The first-order valence-corrected chi connectivity index (χ1v) is 12.1. The second-order valence-electron chi connectivity index (χ2n) is 9.13. The van der Waals surface area contributed by atoms with E-state index in [-0.39, 0.29) is 24.3 Å². The van der Waals surface area contributed by atoms with Crippen molar-refractivity contribution in [3.63, 3.8) is 0 Å². The lowest BCUT2D eigenvalue weighted by Gasteiger charge is -2.26. The maximum absolute atomic E-state index is 13.2. The zero-order valence-corrected chi connectivity index (χ0v) is 21.5. The number of aliphatic hydroxyl groups excluding tert-OH is 1. The van der Waals surface area contributed by atoms with Crippen LogP contribution in [0.25, 0.3) is 0 Å². The SMILES string of the molecule is CC(O)C(NC(=O)C(Cc1ccc(O)cc1)NC(=O)C(N)CC(=O)O)C(=O)NC(Cc1ccc(O)cc1)C(=O)O. The van der Waals surface area contributed by atoms with Crippen molar-refractivity contribution in [3.8, 4) is 11.5 Å². The number of amides is 3. The minimum atomic E-state index is -1.64. The first-order chi connectivity index (χ1) is 18.8. The molecule has 0 aromatic heterocycles. The third-order valence-electron chi connectivity index (χ3n) is 5.79. The molecule has 0 spiro atoms. The maximum atomic E-state index is 13.2. The number of benzene rings is 2. The molecular formula is C26H32N4O10. The van der Waals surface area contributed by atoms with Crippen LogP contribution in [0.15, 0.2) is 48.5 Å². The largest absolute Gasteiger partial charge is 0.508 e. The monoisotopic (exact) mass is 560 g/mol. The smallest absolute Gasteiger partial charge is 0.326 e. The number of aromatic hydroxyl groups is 2. The van der Waals surface area contributed by atoms with Gasteiger partial charge in [0.25, 0.3) is 0 Å². The van der Waals surface area contributed by atoms with E-state index in [0.29, 0.717) is 11.1 Å². The molecule has 14 heteroatoms. The Labute approximate surface area is 228 Å². The highest BCUT2D eigenvalue weighted by atomic mass is 16.4. The number of carboxylic acids is 2. The van der Waals surface area contributed by atoms with Gasteiger partial charge in [0.05, 0.1) is 18.6 Å². The third kappa shape index (κ3) is 9.89. The minimum absolute atomic E-state index is 0.0330. The lowest BCUT2D eigenvalue weighted by molar-refractivity contribution is -0.143. The van der Waals surface area contributed by atoms with Crippen LogP contribution in [-0.2, 0) is 36.8 Å².